The maximum atomic E-state index is 10.7. The Labute approximate surface area is 89.0 Å². The molecule has 6 nitrogen and oxygen atoms in total. The van der Waals surface area contributed by atoms with Crippen LogP contribution < -0.4 is 4.74 Å². The maximum absolute atomic E-state index is 10.7. The van der Waals surface area contributed by atoms with Crippen molar-refractivity contribution < 1.29 is 9.66 Å². The van der Waals surface area contributed by atoms with E-state index in [2.05, 4.69) is 8.75 Å². The molecule has 0 fully saturated rings. The molecule has 78 valence electrons. The quantitative estimate of drug-likeness (QED) is 0.589. The minimum Gasteiger partial charge on any atom is -0.491 e. The number of hydrogen-bond acceptors (Lipinski definition) is 6. The van der Waals surface area contributed by atoms with Crippen LogP contribution in [-0.4, -0.2) is 20.3 Å². The summed E-state index contributed by atoms with van der Waals surface area (Å²) in [4.78, 5) is 10.2. The molecule has 0 radical (unpaired) electrons. The smallest absolute Gasteiger partial charge is 0.298 e. The van der Waals surface area contributed by atoms with Gasteiger partial charge in [-0.2, -0.15) is 8.75 Å². The molecule has 0 N–H and O–H groups in total. The van der Waals surface area contributed by atoms with E-state index in [0.717, 1.165) is 11.7 Å². The van der Waals surface area contributed by atoms with Crippen molar-refractivity contribution in [1.82, 2.24) is 8.75 Å². The highest BCUT2D eigenvalue weighted by atomic mass is 32.1. The van der Waals surface area contributed by atoms with E-state index in [4.69, 9.17) is 4.74 Å². The van der Waals surface area contributed by atoms with Gasteiger partial charge in [0.1, 0.15) is 5.75 Å². The van der Waals surface area contributed by atoms with Crippen LogP contribution in [0.25, 0.3) is 11.0 Å². The Bertz CT molecular complexity index is 511. The number of fused-ring (bicyclic) bond motifs is 1. The third kappa shape index (κ3) is 1.61. The summed E-state index contributed by atoms with van der Waals surface area (Å²) >= 11 is 0.940. The lowest BCUT2D eigenvalue weighted by molar-refractivity contribution is -0.383. The Morgan fingerprint density at radius 2 is 2.20 bits per heavy atom. The summed E-state index contributed by atoms with van der Waals surface area (Å²) in [7, 11) is 0. The number of aromatic nitrogens is 2. The van der Waals surface area contributed by atoms with E-state index >= 15 is 0 Å². The van der Waals surface area contributed by atoms with Gasteiger partial charge in [-0.05, 0) is 13.0 Å². The fourth-order valence-corrected chi connectivity index (χ4v) is 1.81. The molecule has 1 aromatic heterocycles. The van der Waals surface area contributed by atoms with Crippen LogP contribution in [0.2, 0.25) is 0 Å². The van der Waals surface area contributed by atoms with Gasteiger partial charge in [-0.25, -0.2) is 0 Å². The first-order chi connectivity index (χ1) is 7.24. The number of nitro groups is 1. The van der Waals surface area contributed by atoms with E-state index in [1.807, 2.05) is 6.92 Å². The Kier molecular flexibility index (Phi) is 2.46. The molecule has 7 heteroatoms. The van der Waals surface area contributed by atoms with Crippen molar-refractivity contribution >= 4 is 28.4 Å². The average Bonchev–Trinajstić information content (AvgIpc) is 2.66. The van der Waals surface area contributed by atoms with Gasteiger partial charge in [0, 0.05) is 6.07 Å². The summed E-state index contributed by atoms with van der Waals surface area (Å²) in [6, 6.07) is 2.93. The van der Waals surface area contributed by atoms with Gasteiger partial charge < -0.3 is 4.74 Å². The second-order valence-electron chi connectivity index (χ2n) is 2.73. The van der Waals surface area contributed by atoms with Crippen molar-refractivity contribution in [3.05, 3.63) is 22.2 Å². The average molecular weight is 225 g/mol. The van der Waals surface area contributed by atoms with Gasteiger partial charge in [-0.15, -0.1) is 0 Å². The Balaban J connectivity index is 2.65. The molecule has 1 heterocycles. The van der Waals surface area contributed by atoms with Crippen molar-refractivity contribution in [2.75, 3.05) is 6.61 Å². The second-order valence-corrected chi connectivity index (χ2v) is 3.26. The molecule has 0 amide bonds. The van der Waals surface area contributed by atoms with Gasteiger partial charge in [-0.3, -0.25) is 10.1 Å². The van der Waals surface area contributed by atoms with Crippen LogP contribution >= 0.6 is 11.7 Å². The number of non-ortho nitro benzene ring substituents is 1. The Morgan fingerprint density at radius 1 is 1.47 bits per heavy atom. The topological polar surface area (TPSA) is 78.2 Å². The molecule has 2 aromatic rings. The predicted octanol–water partition coefficient (Wildman–Crippen LogP) is 2.00. The summed E-state index contributed by atoms with van der Waals surface area (Å²) in [5.41, 5.74) is 0.703. The van der Waals surface area contributed by atoms with Crippen molar-refractivity contribution in [2.45, 2.75) is 6.92 Å². The van der Waals surface area contributed by atoms with Gasteiger partial charge in [0.05, 0.1) is 23.3 Å². The fraction of sp³-hybridized carbons (Fsp3) is 0.250. The lowest BCUT2D eigenvalue weighted by atomic mass is 10.2. The van der Waals surface area contributed by atoms with Crippen LogP contribution in [0.5, 0.6) is 5.75 Å². The molecular weight excluding hydrogens is 218 g/mol. The molecule has 0 bridgehead atoms. The molecule has 1 aromatic carbocycles. The third-order valence-electron chi connectivity index (χ3n) is 1.85. The summed E-state index contributed by atoms with van der Waals surface area (Å²) in [5, 5.41) is 10.7. The van der Waals surface area contributed by atoms with Crippen LogP contribution in [0.15, 0.2) is 12.1 Å². The molecule has 0 saturated carbocycles. The van der Waals surface area contributed by atoms with Crippen LogP contribution in [0.3, 0.4) is 0 Å². The highest BCUT2D eigenvalue weighted by Gasteiger charge is 2.18. The zero-order valence-electron chi connectivity index (χ0n) is 7.84. The maximum Gasteiger partial charge on any atom is 0.298 e. The van der Waals surface area contributed by atoms with E-state index in [0.29, 0.717) is 17.9 Å². The van der Waals surface area contributed by atoms with Gasteiger partial charge in [0.15, 0.2) is 11.0 Å². The number of benzene rings is 1. The van der Waals surface area contributed by atoms with Gasteiger partial charge in [-0.1, -0.05) is 0 Å². The monoisotopic (exact) mass is 225 g/mol. The van der Waals surface area contributed by atoms with Crippen molar-refractivity contribution in [2.24, 2.45) is 0 Å². The van der Waals surface area contributed by atoms with Gasteiger partial charge in [0.25, 0.3) is 5.69 Å². The third-order valence-corrected chi connectivity index (χ3v) is 2.38. The van der Waals surface area contributed by atoms with Crippen LogP contribution in [0.4, 0.5) is 5.69 Å². The zero-order chi connectivity index (χ0) is 10.8. The zero-order valence-corrected chi connectivity index (χ0v) is 8.65. The van der Waals surface area contributed by atoms with E-state index in [1.54, 1.807) is 6.07 Å². The van der Waals surface area contributed by atoms with E-state index in [9.17, 15) is 10.1 Å². The first kappa shape index (κ1) is 9.78. The first-order valence-corrected chi connectivity index (χ1v) is 4.99. The van der Waals surface area contributed by atoms with Gasteiger partial charge >= 0.3 is 0 Å². The number of ether oxygens (including phenoxy) is 1. The fourth-order valence-electron chi connectivity index (χ4n) is 1.25. The highest BCUT2D eigenvalue weighted by Crippen LogP contribution is 2.31. The van der Waals surface area contributed by atoms with E-state index in [1.165, 1.54) is 6.07 Å². The molecule has 0 spiro atoms. The minimum absolute atomic E-state index is 0.0396. The number of hydrogen-bond donors (Lipinski definition) is 0. The molecule has 0 unspecified atom stereocenters. The summed E-state index contributed by atoms with van der Waals surface area (Å²) < 4.78 is 13.2. The minimum atomic E-state index is -0.473. The van der Waals surface area contributed by atoms with Crippen molar-refractivity contribution in [1.29, 1.82) is 0 Å². The highest BCUT2D eigenvalue weighted by molar-refractivity contribution is 7.00. The first-order valence-electron chi connectivity index (χ1n) is 4.26. The molecular formula is C8H7N3O3S. The van der Waals surface area contributed by atoms with Crippen molar-refractivity contribution in [3.8, 4) is 5.75 Å². The standard InChI is InChI=1S/C8H7N3O3S/c1-2-14-6-4-3-5(11(12)13)7-8(6)10-15-9-7/h3-4H,2H2,1H3. The molecule has 15 heavy (non-hydrogen) atoms. The number of rotatable bonds is 3. The van der Waals surface area contributed by atoms with Crippen LogP contribution in [-0.2, 0) is 0 Å². The van der Waals surface area contributed by atoms with Gasteiger partial charge in [0.2, 0.25) is 0 Å². The molecule has 0 aliphatic heterocycles. The van der Waals surface area contributed by atoms with E-state index < -0.39 is 4.92 Å². The molecule has 0 aliphatic carbocycles. The largest absolute Gasteiger partial charge is 0.491 e. The number of nitro benzene ring substituents is 1. The Morgan fingerprint density at radius 3 is 2.87 bits per heavy atom. The van der Waals surface area contributed by atoms with E-state index in [-0.39, 0.29) is 11.2 Å². The molecule has 0 saturated heterocycles. The summed E-state index contributed by atoms with van der Waals surface area (Å²) in [6.07, 6.45) is 0. The Hall–Kier alpha value is -1.76. The van der Waals surface area contributed by atoms with Crippen molar-refractivity contribution in [3.63, 3.8) is 0 Å². The summed E-state index contributed by atoms with van der Waals surface area (Å²) in [6.45, 7) is 2.33. The van der Waals surface area contributed by atoms with Crippen LogP contribution in [0.1, 0.15) is 6.92 Å². The molecule has 0 atom stereocenters. The van der Waals surface area contributed by atoms with Crippen LogP contribution in [0, 0.1) is 10.1 Å². The lowest BCUT2D eigenvalue weighted by Crippen LogP contribution is -1.94. The second kappa shape index (κ2) is 3.77. The SMILES string of the molecule is CCOc1ccc([N+](=O)[O-])c2nsnc12. The molecule has 2 rings (SSSR count). The number of nitrogens with zero attached hydrogens (tertiary/aromatic N) is 3. The normalized spacial score (nSPS) is 10.5. The molecule has 0 aliphatic rings. The predicted molar refractivity (Wildman–Crippen MR) is 55.2 cm³/mol. The summed E-state index contributed by atoms with van der Waals surface area (Å²) in [5.74, 6) is 0.534. The lowest BCUT2D eigenvalue weighted by Gasteiger charge is -2.02.